The number of anilines is 1. The molecule has 2 rings (SSSR count). The molecule has 1 amide bonds. The van der Waals surface area contributed by atoms with Crippen molar-refractivity contribution in [3.8, 4) is 5.75 Å². The predicted octanol–water partition coefficient (Wildman–Crippen LogP) is 0.989. The van der Waals surface area contributed by atoms with Gasteiger partial charge in [-0.1, -0.05) is 0 Å². The molecule has 1 heterocycles. The van der Waals surface area contributed by atoms with E-state index in [4.69, 9.17) is 10.5 Å². The normalized spacial score (nSPS) is 16.8. The van der Waals surface area contributed by atoms with E-state index in [1.165, 1.54) is 0 Å². The molecular formula is C14H21N3O2. The Balaban J connectivity index is 2.12. The molecule has 1 aromatic carbocycles. The lowest BCUT2D eigenvalue weighted by Gasteiger charge is -2.20. The summed E-state index contributed by atoms with van der Waals surface area (Å²) in [7, 11) is 0. The Morgan fingerprint density at radius 3 is 3.11 bits per heavy atom. The van der Waals surface area contributed by atoms with Crippen molar-refractivity contribution >= 4 is 11.6 Å². The average molecular weight is 263 g/mol. The van der Waals surface area contributed by atoms with E-state index in [9.17, 15) is 4.79 Å². The van der Waals surface area contributed by atoms with Gasteiger partial charge >= 0.3 is 0 Å². The molecule has 5 nitrogen and oxygen atoms in total. The summed E-state index contributed by atoms with van der Waals surface area (Å²) in [6, 6.07) is 5.66. The van der Waals surface area contributed by atoms with Crippen LogP contribution in [0.1, 0.15) is 18.9 Å². The first-order valence-electron chi connectivity index (χ1n) is 6.69. The van der Waals surface area contributed by atoms with Gasteiger partial charge < -0.3 is 15.8 Å². The summed E-state index contributed by atoms with van der Waals surface area (Å²) in [5.74, 6) is 0.931. The van der Waals surface area contributed by atoms with Crippen molar-refractivity contribution in [2.45, 2.75) is 19.9 Å². The van der Waals surface area contributed by atoms with Crippen LogP contribution in [0.25, 0.3) is 0 Å². The zero-order valence-corrected chi connectivity index (χ0v) is 11.3. The Morgan fingerprint density at radius 2 is 2.32 bits per heavy atom. The second-order valence-corrected chi connectivity index (χ2v) is 4.71. The van der Waals surface area contributed by atoms with Gasteiger partial charge in [0.15, 0.2) is 0 Å². The second-order valence-electron chi connectivity index (χ2n) is 4.71. The molecule has 1 aliphatic rings. The summed E-state index contributed by atoms with van der Waals surface area (Å²) >= 11 is 0. The van der Waals surface area contributed by atoms with E-state index in [-0.39, 0.29) is 5.91 Å². The van der Waals surface area contributed by atoms with Crippen LogP contribution in [0.15, 0.2) is 18.2 Å². The molecule has 1 aromatic rings. The Morgan fingerprint density at radius 1 is 1.47 bits per heavy atom. The number of amides is 1. The number of nitrogens with one attached hydrogen (secondary N) is 1. The third-order valence-corrected chi connectivity index (χ3v) is 3.12. The summed E-state index contributed by atoms with van der Waals surface area (Å²) < 4.78 is 5.61. The topological polar surface area (TPSA) is 67.6 Å². The summed E-state index contributed by atoms with van der Waals surface area (Å²) in [6.45, 7) is 5.36. The summed E-state index contributed by atoms with van der Waals surface area (Å²) in [6.07, 6.45) is 0.970. The number of carbonyl (C=O) groups is 1. The molecule has 3 N–H and O–H groups in total. The molecule has 0 aromatic heterocycles. The molecule has 104 valence electrons. The number of rotatable bonds is 4. The number of hydrogen-bond donors (Lipinski definition) is 2. The average Bonchev–Trinajstić information content (AvgIpc) is 2.57. The summed E-state index contributed by atoms with van der Waals surface area (Å²) in [4.78, 5) is 13.7. The number of hydrogen-bond acceptors (Lipinski definition) is 4. The van der Waals surface area contributed by atoms with Crippen molar-refractivity contribution in [1.82, 2.24) is 10.2 Å². The fraction of sp³-hybridized carbons (Fsp3) is 0.500. The highest BCUT2D eigenvalue weighted by Crippen LogP contribution is 2.23. The molecule has 1 aliphatic heterocycles. The molecular weight excluding hydrogens is 242 g/mol. The lowest BCUT2D eigenvalue weighted by Crippen LogP contribution is -2.32. The summed E-state index contributed by atoms with van der Waals surface area (Å²) in [5.41, 5.74) is 7.59. The fourth-order valence-electron chi connectivity index (χ4n) is 2.26. The largest absolute Gasteiger partial charge is 0.494 e. The van der Waals surface area contributed by atoms with Crippen molar-refractivity contribution in [3.05, 3.63) is 23.8 Å². The zero-order valence-electron chi connectivity index (χ0n) is 11.3. The third kappa shape index (κ3) is 3.86. The highest BCUT2D eigenvalue weighted by atomic mass is 16.5. The Labute approximate surface area is 113 Å². The van der Waals surface area contributed by atoms with Crippen LogP contribution in [0, 0.1) is 0 Å². The van der Waals surface area contributed by atoms with Crippen molar-refractivity contribution in [3.63, 3.8) is 0 Å². The fourth-order valence-corrected chi connectivity index (χ4v) is 2.26. The highest BCUT2D eigenvalue weighted by Gasteiger charge is 2.16. The number of ether oxygens (including phenoxy) is 1. The molecule has 0 unspecified atom stereocenters. The Hall–Kier alpha value is -1.75. The van der Waals surface area contributed by atoms with Crippen LogP contribution in [-0.4, -0.2) is 37.0 Å². The maximum Gasteiger partial charge on any atom is 0.234 e. The minimum absolute atomic E-state index is 0.0827. The third-order valence-electron chi connectivity index (χ3n) is 3.12. The minimum Gasteiger partial charge on any atom is -0.494 e. The molecule has 1 saturated heterocycles. The summed E-state index contributed by atoms with van der Waals surface area (Å²) in [5, 5.41) is 2.87. The second kappa shape index (κ2) is 6.43. The van der Waals surface area contributed by atoms with Gasteiger partial charge in [0.25, 0.3) is 0 Å². The smallest absolute Gasteiger partial charge is 0.234 e. The predicted molar refractivity (Wildman–Crippen MR) is 74.9 cm³/mol. The van der Waals surface area contributed by atoms with Crippen molar-refractivity contribution in [2.75, 3.05) is 32.0 Å². The Bertz CT molecular complexity index is 448. The van der Waals surface area contributed by atoms with Crippen LogP contribution in [0.2, 0.25) is 0 Å². The Kier molecular flexibility index (Phi) is 4.63. The quantitative estimate of drug-likeness (QED) is 0.795. The standard InChI is InChI=1S/C14H21N3O2/c1-2-19-13-5-4-12(15)8-11(13)9-17-7-3-6-16-14(18)10-17/h4-5,8H,2-3,6-7,9-10,15H2,1H3,(H,16,18). The van der Waals surface area contributed by atoms with Gasteiger partial charge in [-0.25, -0.2) is 0 Å². The SMILES string of the molecule is CCOc1ccc(N)cc1CN1CCCNC(=O)C1. The first-order valence-corrected chi connectivity index (χ1v) is 6.69. The van der Waals surface area contributed by atoms with Crippen LogP contribution in [0.5, 0.6) is 5.75 Å². The highest BCUT2D eigenvalue weighted by molar-refractivity contribution is 5.78. The molecule has 0 aliphatic carbocycles. The van der Waals surface area contributed by atoms with E-state index in [1.54, 1.807) is 0 Å². The van der Waals surface area contributed by atoms with E-state index in [0.29, 0.717) is 19.7 Å². The molecule has 19 heavy (non-hydrogen) atoms. The molecule has 0 radical (unpaired) electrons. The van der Waals surface area contributed by atoms with Crippen LogP contribution < -0.4 is 15.8 Å². The monoisotopic (exact) mass is 263 g/mol. The molecule has 0 bridgehead atoms. The van der Waals surface area contributed by atoms with Crippen molar-refractivity contribution in [2.24, 2.45) is 0 Å². The lowest BCUT2D eigenvalue weighted by atomic mass is 10.1. The van der Waals surface area contributed by atoms with Gasteiger partial charge in [0, 0.05) is 30.9 Å². The van der Waals surface area contributed by atoms with E-state index in [1.807, 2.05) is 25.1 Å². The first kappa shape index (κ1) is 13.7. The van der Waals surface area contributed by atoms with E-state index in [2.05, 4.69) is 10.2 Å². The van der Waals surface area contributed by atoms with Crippen LogP contribution in [-0.2, 0) is 11.3 Å². The first-order chi connectivity index (χ1) is 9.19. The molecule has 0 spiro atoms. The van der Waals surface area contributed by atoms with E-state index < -0.39 is 0 Å². The van der Waals surface area contributed by atoms with E-state index in [0.717, 1.165) is 36.5 Å². The van der Waals surface area contributed by atoms with Gasteiger partial charge in [-0.3, -0.25) is 9.69 Å². The van der Waals surface area contributed by atoms with Crippen LogP contribution in [0.3, 0.4) is 0 Å². The van der Waals surface area contributed by atoms with Gasteiger partial charge in [-0.05, 0) is 31.5 Å². The number of carbonyl (C=O) groups excluding carboxylic acids is 1. The molecule has 5 heteroatoms. The van der Waals surface area contributed by atoms with Gasteiger partial charge in [-0.15, -0.1) is 0 Å². The van der Waals surface area contributed by atoms with Crippen LogP contribution >= 0.6 is 0 Å². The molecule has 1 fully saturated rings. The van der Waals surface area contributed by atoms with Gasteiger partial charge in [-0.2, -0.15) is 0 Å². The van der Waals surface area contributed by atoms with Gasteiger partial charge in [0.1, 0.15) is 5.75 Å². The minimum atomic E-state index is 0.0827. The van der Waals surface area contributed by atoms with Gasteiger partial charge in [0.05, 0.1) is 13.2 Å². The van der Waals surface area contributed by atoms with Crippen LogP contribution in [0.4, 0.5) is 5.69 Å². The maximum atomic E-state index is 11.6. The maximum absolute atomic E-state index is 11.6. The number of nitrogen functional groups attached to an aromatic ring is 1. The number of nitrogens with zero attached hydrogens (tertiary/aromatic N) is 1. The lowest BCUT2D eigenvalue weighted by molar-refractivity contribution is -0.121. The van der Waals surface area contributed by atoms with Crippen molar-refractivity contribution < 1.29 is 9.53 Å². The molecule has 0 atom stereocenters. The van der Waals surface area contributed by atoms with Crippen molar-refractivity contribution in [1.29, 1.82) is 0 Å². The molecule has 0 saturated carbocycles. The number of benzene rings is 1. The van der Waals surface area contributed by atoms with Gasteiger partial charge in [0.2, 0.25) is 5.91 Å². The van der Waals surface area contributed by atoms with E-state index >= 15 is 0 Å². The zero-order chi connectivity index (χ0) is 13.7. The number of nitrogens with two attached hydrogens (primary N) is 1.